The van der Waals surface area contributed by atoms with Gasteiger partial charge in [-0.3, -0.25) is 4.79 Å². The van der Waals surface area contributed by atoms with E-state index in [9.17, 15) is 4.79 Å². The van der Waals surface area contributed by atoms with Gasteiger partial charge in [-0.05, 0) is 30.9 Å². The van der Waals surface area contributed by atoms with Crippen molar-refractivity contribution in [1.29, 1.82) is 0 Å². The standard InChI is InChI=1S/C15H18N6O/c1-10-4-11(6-13-8-16-20(2)18-13)15(22)12(5-10)7-14-9-17-21(3)19-14/h6-10H,4-5H2,1-3H3/b11-6-,12-7+. The number of carbonyl (C=O) groups is 1. The van der Waals surface area contributed by atoms with Crippen LogP contribution in [0.25, 0.3) is 12.2 Å². The third-order valence-electron chi connectivity index (χ3n) is 3.60. The maximum atomic E-state index is 12.6. The summed E-state index contributed by atoms with van der Waals surface area (Å²) in [4.78, 5) is 15.6. The molecule has 0 bridgehead atoms. The summed E-state index contributed by atoms with van der Waals surface area (Å²) in [7, 11) is 3.51. The molecule has 2 aromatic heterocycles. The molecule has 1 aliphatic carbocycles. The Morgan fingerprint density at radius 1 is 1.00 bits per heavy atom. The van der Waals surface area contributed by atoms with E-state index in [2.05, 4.69) is 27.3 Å². The molecule has 0 radical (unpaired) electrons. The molecule has 0 saturated heterocycles. The lowest BCUT2D eigenvalue weighted by molar-refractivity contribution is -0.113. The van der Waals surface area contributed by atoms with E-state index in [4.69, 9.17) is 0 Å². The second-order valence-corrected chi connectivity index (χ2v) is 5.70. The molecule has 3 rings (SSSR count). The first kappa shape index (κ1) is 14.4. The molecule has 7 heteroatoms. The Kier molecular flexibility index (Phi) is 3.70. The summed E-state index contributed by atoms with van der Waals surface area (Å²) in [6.45, 7) is 2.14. The van der Waals surface area contributed by atoms with Gasteiger partial charge >= 0.3 is 0 Å². The van der Waals surface area contributed by atoms with Crippen LogP contribution in [-0.4, -0.2) is 35.8 Å². The van der Waals surface area contributed by atoms with E-state index >= 15 is 0 Å². The fraction of sp³-hybridized carbons (Fsp3) is 0.400. The first-order valence-electron chi connectivity index (χ1n) is 7.20. The van der Waals surface area contributed by atoms with Crippen molar-refractivity contribution in [3.63, 3.8) is 0 Å². The molecular formula is C15H18N6O. The van der Waals surface area contributed by atoms with Crippen LogP contribution in [0.3, 0.4) is 0 Å². The number of hydrogen-bond donors (Lipinski definition) is 0. The van der Waals surface area contributed by atoms with Crippen LogP contribution in [-0.2, 0) is 18.9 Å². The van der Waals surface area contributed by atoms with Gasteiger partial charge in [-0.2, -0.15) is 30.0 Å². The zero-order chi connectivity index (χ0) is 15.7. The number of allylic oxidation sites excluding steroid dienone is 2. The Hall–Kier alpha value is -2.57. The number of carbonyl (C=O) groups excluding carboxylic acids is 1. The Morgan fingerprint density at radius 2 is 1.45 bits per heavy atom. The summed E-state index contributed by atoms with van der Waals surface area (Å²) in [5.41, 5.74) is 2.96. The average Bonchev–Trinajstić information content (AvgIpc) is 3.04. The molecule has 1 fully saturated rings. The molecule has 1 atom stereocenters. The second kappa shape index (κ2) is 5.67. The lowest BCUT2D eigenvalue weighted by Gasteiger charge is -2.22. The van der Waals surface area contributed by atoms with Crippen molar-refractivity contribution in [1.82, 2.24) is 30.0 Å². The van der Waals surface area contributed by atoms with Crippen LogP contribution < -0.4 is 0 Å². The third kappa shape index (κ3) is 3.03. The van der Waals surface area contributed by atoms with Gasteiger partial charge < -0.3 is 0 Å². The van der Waals surface area contributed by atoms with Gasteiger partial charge in [0.05, 0.1) is 12.4 Å². The van der Waals surface area contributed by atoms with E-state index in [0.29, 0.717) is 17.3 Å². The van der Waals surface area contributed by atoms with Crippen LogP contribution in [0.1, 0.15) is 31.2 Å². The maximum absolute atomic E-state index is 12.6. The normalized spacial score (nSPS) is 22.7. The number of Topliss-reactive ketones (excluding diaryl/α,β-unsaturated/α-hetero) is 1. The molecule has 1 aliphatic rings. The Bertz CT molecular complexity index is 704. The number of rotatable bonds is 2. The molecule has 0 aromatic carbocycles. The van der Waals surface area contributed by atoms with Crippen LogP contribution >= 0.6 is 0 Å². The van der Waals surface area contributed by atoms with E-state index < -0.39 is 0 Å². The smallest absolute Gasteiger partial charge is 0.185 e. The zero-order valence-corrected chi connectivity index (χ0v) is 12.9. The lowest BCUT2D eigenvalue weighted by Crippen LogP contribution is -2.18. The van der Waals surface area contributed by atoms with Crippen molar-refractivity contribution in [2.45, 2.75) is 19.8 Å². The van der Waals surface area contributed by atoms with Gasteiger partial charge in [-0.1, -0.05) is 6.92 Å². The van der Waals surface area contributed by atoms with Crippen molar-refractivity contribution in [2.75, 3.05) is 0 Å². The summed E-state index contributed by atoms with van der Waals surface area (Å²) in [6, 6.07) is 0. The number of aryl methyl sites for hydroxylation is 2. The minimum absolute atomic E-state index is 0.0643. The molecule has 0 aliphatic heterocycles. The van der Waals surface area contributed by atoms with E-state index in [1.165, 1.54) is 9.59 Å². The van der Waals surface area contributed by atoms with Gasteiger partial charge in [0.15, 0.2) is 5.78 Å². The Morgan fingerprint density at radius 3 is 1.82 bits per heavy atom. The van der Waals surface area contributed by atoms with Crippen molar-refractivity contribution < 1.29 is 4.79 Å². The first-order valence-corrected chi connectivity index (χ1v) is 7.20. The molecule has 0 amide bonds. The molecule has 7 nitrogen and oxygen atoms in total. The molecule has 2 aromatic rings. The lowest BCUT2D eigenvalue weighted by atomic mass is 9.81. The quantitative estimate of drug-likeness (QED) is 0.783. The average molecular weight is 298 g/mol. The van der Waals surface area contributed by atoms with Crippen LogP contribution in [0.2, 0.25) is 0 Å². The van der Waals surface area contributed by atoms with Gasteiger partial charge in [0.1, 0.15) is 11.4 Å². The maximum Gasteiger partial charge on any atom is 0.185 e. The Labute approximate surface area is 128 Å². The third-order valence-corrected chi connectivity index (χ3v) is 3.60. The molecule has 22 heavy (non-hydrogen) atoms. The summed E-state index contributed by atoms with van der Waals surface area (Å²) in [5.74, 6) is 0.470. The number of nitrogens with zero attached hydrogens (tertiary/aromatic N) is 6. The Balaban J connectivity index is 1.91. The van der Waals surface area contributed by atoms with E-state index in [1.807, 2.05) is 12.2 Å². The fourth-order valence-electron chi connectivity index (χ4n) is 2.68. The molecule has 1 unspecified atom stereocenters. The molecule has 0 spiro atoms. The number of hydrogen-bond acceptors (Lipinski definition) is 5. The highest BCUT2D eigenvalue weighted by Gasteiger charge is 2.25. The highest BCUT2D eigenvalue weighted by molar-refractivity contribution is 6.13. The first-order chi connectivity index (χ1) is 10.5. The van der Waals surface area contributed by atoms with Crippen molar-refractivity contribution in [2.24, 2.45) is 20.0 Å². The summed E-state index contributed by atoms with van der Waals surface area (Å²) in [5, 5.41) is 16.5. The molecule has 0 N–H and O–H groups in total. The van der Waals surface area contributed by atoms with Crippen LogP contribution in [0.4, 0.5) is 0 Å². The summed E-state index contributed by atoms with van der Waals surface area (Å²) < 4.78 is 0. The predicted octanol–water partition coefficient (Wildman–Crippen LogP) is 1.41. The summed E-state index contributed by atoms with van der Waals surface area (Å²) in [6.07, 6.45) is 8.49. The zero-order valence-electron chi connectivity index (χ0n) is 12.9. The van der Waals surface area contributed by atoms with Crippen LogP contribution in [0.5, 0.6) is 0 Å². The molecule has 2 heterocycles. The molecule has 1 saturated carbocycles. The molecular weight excluding hydrogens is 280 g/mol. The SMILES string of the molecule is CC1C/C(=C/c2cnn(C)n2)C(=O)/C(=C/c2cnn(C)n2)C1. The minimum atomic E-state index is 0.0643. The monoisotopic (exact) mass is 298 g/mol. The van der Waals surface area contributed by atoms with Gasteiger partial charge in [-0.15, -0.1) is 0 Å². The van der Waals surface area contributed by atoms with E-state index in [0.717, 1.165) is 24.0 Å². The largest absolute Gasteiger partial charge is 0.289 e. The van der Waals surface area contributed by atoms with Gasteiger partial charge in [0, 0.05) is 25.2 Å². The number of aromatic nitrogens is 6. The van der Waals surface area contributed by atoms with Crippen molar-refractivity contribution in [3.05, 3.63) is 34.9 Å². The van der Waals surface area contributed by atoms with Crippen LogP contribution in [0, 0.1) is 5.92 Å². The topological polar surface area (TPSA) is 78.5 Å². The highest BCUT2D eigenvalue weighted by Crippen LogP contribution is 2.31. The van der Waals surface area contributed by atoms with E-state index in [1.54, 1.807) is 26.5 Å². The second-order valence-electron chi connectivity index (χ2n) is 5.70. The van der Waals surface area contributed by atoms with Gasteiger partial charge in [0.25, 0.3) is 0 Å². The van der Waals surface area contributed by atoms with Gasteiger partial charge in [0.2, 0.25) is 0 Å². The van der Waals surface area contributed by atoms with Crippen molar-refractivity contribution >= 4 is 17.9 Å². The molecule has 114 valence electrons. The predicted molar refractivity (Wildman–Crippen MR) is 81.4 cm³/mol. The number of ketones is 1. The van der Waals surface area contributed by atoms with Crippen LogP contribution in [0.15, 0.2) is 23.5 Å². The van der Waals surface area contributed by atoms with Gasteiger partial charge in [-0.25, -0.2) is 0 Å². The fourth-order valence-corrected chi connectivity index (χ4v) is 2.68. The highest BCUT2D eigenvalue weighted by atomic mass is 16.1. The van der Waals surface area contributed by atoms with E-state index in [-0.39, 0.29) is 5.78 Å². The minimum Gasteiger partial charge on any atom is -0.289 e. The summed E-state index contributed by atoms with van der Waals surface area (Å²) >= 11 is 0. The van der Waals surface area contributed by atoms with Crippen molar-refractivity contribution in [3.8, 4) is 0 Å².